The van der Waals surface area contributed by atoms with E-state index in [4.69, 9.17) is 18.9 Å². The Labute approximate surface area is 232 Å². The van der Waals surface area contributed by atoms with Crippen LogP contribution in [-0.4, -0.2) is 51.1 Å². The summed E-state index contributed by atoms with van der Waals surface area (Å²) in [5.41, 5.74) is -2.86. The summed E-state index contributed by atoms with van der Waals surface area (Å²) in [6.45, 7) is 2.96. The van der Waals surface area contributed by atoms with E-state index in [1.54, 1.807) is 6.92 Å². The van der Waals surface area contributed by atoms with E-state index in [0.29, 0.717) is 24.1 Å². The first kappa shape index (κ1) is 31.7. The Morgan fingerprint density at radius 1 is 0.927 bits per heavy atom. The molecule has 226 valence electrons. The summed E-state index contributed by atoms with van der Waals surface area (Å²) in [6, 6.07) is 2.55. The van der Waals surface area contributed by atoms with Gasteiger partial charge in [-0.05, 0) is 49.6 Å². The molecule has 2 atom stereocenters. The lowest BCUT2D eigenvalue weighted by atomic mass is 9.90. The van der Waals surface area contributed by atoms with Crippen molar-refractivity contribution >= 4 is 17.9 Å². The monoisotopic (exact) mass is 592 g/mol. The zero-order valence-corrected chi connectivity index (χ0v) is 23.0. The summed E-state index contributed by atoms with van der Waals surface area (Å²) in [6.07, 6.45) is -11.2. The Kier molecular flexibility index (Phi) is 9.54. The molecule has 0 spiro atoms. The number of carbonyl (C=O) groups excluding carboxylic acids is 2. The second-order valence-electron chi connectivity index (χ2n) is 9.36. The van der Waals surface area contributed by atoms with E-state index in [1.165, 1.54) is 31.3 Å². The molecule has 8 nitrogen and oxygen atoms in total. The van der Waals surface area contributed by atoms with Crippen LogP contribution in [0.15, 0.2) is 30.3 Å². The minimum absolute atomic E-state index is 0.0148. The fourth-order valence-corrected chi connectivity index (χ4v) is 4.71. The number of nitrogens with zero attached hydrogens (tertiary/aromatic N) is 2. The zero-order valence-electron chi connectivity index (χ0n) is 23.0. The number of rotatable bonds is 7. The molecule has 0 bridgehead atoms. The second kappa shape index (κ2) is 12.4. The van der Waals surface area contributed by atoms with E-state index < -0.39 is 59.9 Å². The SMILES string of the molecule is CCCOC(=O)N1c2cc(OC)c(OC)cc2[C@H](N(Cc2cc(C(F)(F)F)cc(C(F)(F)F)c2)C(=O)OC)C[C@@H]1C. The fourth-order valence-electron chi connectivity index (χ4n) is 4.71. The molecule has 1 aliphatic heterocycles. The van der Waals surface area contributed by atoms with Crippen molar-refractivity contribution in [3.63, 3.8) is 0 Å². The van der Waals surface area contributed by atoms with Crippen LogP contribution >= 0.6 is 0 Å². The molecule has 3 rings (SSSR count). The Morgan fingerprint density at radius 3 is 1.98 bits per heavy atom. The highest BCUT2D eigenvalue weighted by Gasteiger charge is 2.41. The van der Waals surface area contributed by atoms with Crippen molar-refractivity contribution in [2.75, 3.05) is 32.8 Å². The van der Waals surface area contributed by atoms with Crippen molar-refractivity contribution in [3.05, 3.63) is 52.6 Å². The van der Waals surface area contributed by atoms with Crippen molar-refractivity contribution in [1.29, 1.82) is 0 Å². The van der Waals surface area contributed by atoms with E-state index in [9.17, 15) is 35.9 Å². The van der Waals surface area contributed by atoms with Gasteiger partial charge in [-0.25, -0.2) is 9.59 Å². The largest absolute Gasteiger partial charge is 0.493 e. The standard InChI is InChI=1S/C27H30F6N2O6/c1-6-7-41-25(37)35-15(2)8-20(19-12-22(38-3)23(39-4)13-21(19)35)34(24(36)40-5)14-16-9-17(26(28,29)30)11-18(10-16)27(31,32)33/h9-13,15,20H,6-8,14H2,1-5H3/t15-,20+/m0/s1. The van der Waals surface area contributed by atoms with Crippen molar-refractivity contribution in [3.8, 4) is 11.5 Å². The summed E-state index contributed by atoms with van der Waals surface area (Å²) in [5.74, 6) is 0.459. The maximum Gasteiger partial charge on any atom is 0.416 e. The van der Waals surface area contributed by atoms with Gasteiger partial charge < -0.3 is 18.9 Å². The van der Waals surface area contributed by atoms with Gasteiger partial charge in [-0.3, -0.25) is 9.80 Å². The summed E-state index contributed by atoms with van der Waals surface area (Å²) < 4.78 is 102. The number of halogens is 6. The highest BCUT2D eigenvalue weighted by Crippen LogP contribution is 2.47. The predicted molar refractivity (Wildman–Crippen MR) is 135 cm³/mol. The Bertz CT molecular complexity index is 1230. The van der Waals surface area contributed by atoms with Gasteiger partial charge in [0.05, 0.1) is 50.8 Å². The number of carbonyl (C=O) groups is 2. The molecule has 0 fully saturated rings. The third kappa shape index (κ3) is 6.91. The van der Waals surface area contributed by atoms with E-state index in [2.05, 4.69) is 0 Å². The topological polar surface area (TPSA) is 77.5 Å². The molecule has 0 aliphatic carbocycles. The molecule has 0 saturated carbocycles. The maximum absolute atomic E-state index is 13.5. The van der Waals surface area contributed by atoms with Gasteiger partial charge in [0.25, 0.3) is 0 Å². The highest BCUT2D eigenvalue weighted by atomic mass is 19.4. The van der Waals surface area contributed by atoms with Crippen LogP contribution < -0.4 is 14.4 Å². The number of alkyl halides is 6. The van der Waals surface area contributed by atoms with Gasteiger partial charge in [-0.1, -0.05) is 6.92 Å². The van der Waals surface area contributed by atoms with Gasteiger partial charge in [0.2, 0.25) is 0 Å². The Morgan fingerprint density at radius 2 is 1.49 bits per heavy atom. The van der Waals surface area contributed by atoms with Gasteiger partial charge in [0.15, 0.2) is 11.5 Å². The van der Waals surface area contributed by atoms with Crippen LogP contribution in [0.3, 0.4) is 0 Å². The van der Waals surface area contributed by atoms with Crippen LogP contribution in [0.25, 0.3) is 0 Å². The van der Waals surface area contributed by atoms with Gasteiger partial charge in [0.1, 0.15) is 0 Å². The van der Waals surface area contributed by atoms with Gasteiger partial charge in [0, 0.05) is 24.2 Å². The lowest BCUT2D eigenvalue weighted by molar-refractivity contribution is -0.143. The molecule has 41 heavy (non-hydrogen) atoms. The third-order valence-corrected chi connectivity index (χ3v) is 6.57. The summed E-state index contributed by atoms with van der Waals surface area (Å²) >= 11 is 0. The predicted octanol–water partition coefficient (Wildman–Crippen LogP) is 7.20. The van der Waals surface area contributed by atoms with Crippen LogP contribution in [0, 0.1) is 0 Å². The number of hydrogen-bond donors (Lipinski definition) is 0. The summed E-state index contributed by atoms with van der Waals surface area (Å²) in [4.78, 5) is 28.4. The van der Waals surface area contributed by atoms with Gasteiger partial charge in [-0.15, -0.1) is 0 Å². The Balaban J connectivity index is 2.19. The van der Waals surface area contributed by atoms with Crippen molar-refractivity contribution in [2.24, 2.45) is 0 Å². The third-order valence-electron chi connectivity index (χ3n) is 6.57. The molecule has 1 heterocycles. The normalized spacial score (nSPS) is 17.0. The van der Waals surface area contributed by atoms with Crippen LogP contribution in [0.5, 0.6) is 11.5 Å². The summed E-state index contributed by atoms with van der Waals surface area (Å²) in [5, 5.41) is 0. The molecule has 2 amide bonds. The second-order valence-corrected chi connectivity index (χ2v) is 9.36. The zero-order chi connectivity index (χ0) is 30.7. The fraction of sp³-hybridized carbons (Fsp3) is 0.481. The number of ether oxygens (including phenoxy) is 4. The molecule has 0 unspecified atom stereocenters. The number of amides is 2. The number of benzene rings is 2. The molecule has 0 saturated heterocycles. The van der Waals surface area contributed by atoms with E-state index >= 15 is 0 Å². The smallest absolute Gasteiger partial charge is 0.416 e. The quantitative estimate of drug-likeness (QED) is 0.317. The molecular formula is C27H30F6N2O6. The molecule has 14 heteroatoms. The lowest BCUT2D eigenvalue weighted by Crippen LogP contribution is -2.47. The lowest BCUT2D eigenvalue weighted by Gasteiger charge is -2.42. The first-order valence-electron chi connectivity index (χ1n) is 12.5. The van der Waals surface area contributed by atoms with Crippen LogP contribution in [0.1, 0.15) is 55.0 Å². The van der Waals surface area contributed by atoms with Gasteiger partial charge >= 0.3 is 24.5 Å². The molecule has 0 N–H and O–H groups in total. The average molecular weight is 593 g/mol. The molecule has 0 aromatic heterocycles. The first-order valence-corrected chi connectivity index (χ1v) is 12.5. The maximum atomic E-state index is 13.5. The number of fused-ring (bicyclic) bond motifs is 1. The molecule has 2 aromatic carbocycles. The van der Waals surface area contributed by atoms with E-state index in [-0.39, 0.29) is 36.3 Å². The average Bonchev–Trinajstić information content (AvgIpc) is 2.91. The summed E-state index contributed by atoms with van der Waals surface area (Å²) in [7, 11) is 3.77. The minimum atomic E-state index is -5.07. The minimum Gasteiger partial charge on any atom is -0.493 e. The highest BCUT2D eigenvalue weighted by molar-refractivity contribution is 5.91. The van der Waals surface area contributed by atoms with E-state index in [0.717, 1.165) is 12.0 Å². The molecular weight excluding hydrogens is 562 g/mol. The molecule has 0 radical (unpaired) electrons. The number of methoxy groups -OCH3 is 3. The molecule has 2 aromatic rings. The van der Waals surface area contributed by atoms with Crippen molar-refractivity contribution in [1.82, 2.24) is 4.90 Å². The number of anilines is 1. The molecule has 1 aliphatic rings. The van der Waals surface area contributed by atoms with E-state index in [1.807, 2.05) is 6.92 Å². The van der Waals surface area contributed by atoms with Crippen molar-refractivity contribution in [2.45, 2.75) is 57.7 Å². The Hall–Kier alpha value is -3.84. The van der Waals surface area contributed by atoms with Crippen LogP contribution in [0.4, 0.5) is 41.6 Å². The van der Waals surface area contributed by atoms with Crippen LogP contribution in [0.2, 0.25) is 0 Å². The van der Waals surface area contributed by atoms with Gasteiger partial charge in [-0.2, -0.15) is 26.3 Å². The van der Waals surface area contributed by atoms with Crippen LogP contribution in [-0.2, 0) is 28.4 Å². The number of hydrogen-bond acceptors (Lipinski definition) is 6. The first-order chi connectivity index (χ1) is 19.2. The van der Waals surface area contributed by atoms with Crippen molar-refractivity contribution < 1.29 is 54.9 Å².